The minimum absolute atomic E-state index is 0.328. The molecule has 0 bridgehead atoms. The molecule has 0 aliphatic heterocycles. The van der Waals surface area contributed by atoms with Crippen LogP contribution in [0.1, 0.15) is 38.6 Å². The Labute approximate surface area is 109 Å². The van der Waals surface area contributed by atoms with Gasteiger partial charge in [-0.2, -0.15) is 5.10 Å². The van der Waals surface area contributed by atoms with E-state index in [1.165, 1.54) is 5.69 Å². The number of nitrogens with one attached hydrogen (secondary N) is 1. The van der Waals surface area contributed by atoms with Gasteiger partial charge in [0.15, 0.2) is 0 Å². The molecule has 0 spiro atoms. The SMILES string of the molecule is CCc1cc(CC)n(CCC(C)(NC)C(N)=O)n1. The van der Waals surface area contributed by atoms with E-state index in [1.807, 2.05) is 11.6 Å². The zero-order chi connectivity index (χ0) is 13.8. The molecular weight excluding hydrogens is 228 g/mol. The molecule has 0 aliphatic carbocycles. The number of carbonyl (C=O) groups is 1. The summed E-state index contributed by atoms with van der Waals surface area (Å²) in [6, 6.07) is 2.13. The van der Waals surface area contributed by atoms with Crippen LogP contribution >= 0.6 is 0 Å². The number of primary amides is 1. The second-order valence-corrected chi connectivity index (χ2v) is 4.75. The molecule has 1 aromatic rings. The van der Waals surface area contributed by atoms with Crippen LogP contribution in [0.2, 0.25) is 0 Å². The van der Waals surface area contributed by atoms with Crippen molar-refractivity contribution in [3.63, 3.8) is 0 Å². The molecule has 1 unspecified atom stereocenters. The number of carbonyl (C=O) groups excluding carboxylic acids is 1. The summed E-state index contributed by atoms with van der Waals surface area (Å²) in [5.74, 6) is -0.328. The smallest absolute Gasteiger partial charge is 0.237 e. The fourth-order valence-corrected chi connectivity index (χ4v) is 1.87. The Balaban J connectivity index is 2.79. The maximum atomic E-state index is 11.4. The van der Waals surface area contributed by atoms with Gasteiger partial charge in [-0.15, -0.1) is 0 Å². The van der Waals surface area contributed by atoms with Crippen molar-refractivity contribution < 1.29 is 4.79 Å². The van der Waals surface area contributed by atoms with Crippen LogP contribution in [0.25, 0.3) is 0 Å². The average molecular weight is 252 g/mol. The van der Waals surface area contributed by atoms with Crippen LogP contribution in [0.4, 0.5) is 0 Å². The van der Waals surface area contributed by atoms with Gasteiger partial charge in [-0.1, -0.05) is 13.8 Å². The first-order valence-corrected chi connectivity index (χ1v) is 6.51. The molecule has 1 aromatic heterocycles. The summed E-state index contributed by atoms with van der Waals surface area (Å²) in [5.41, 5.74) is 7.04. The number of hydrogen-bond donors (Lipinski definition) is 2. The highest BCUT2D eigenvalue weighted by Gasteiger charge is 2.28. The molecule has 102 valence electrons. The summed E-state index contributed by atoms with van der Waals surface area (Å²) in [6.45, 7) is 6.72. The monoisotopic (exact) mass is 252 g/mol. The summed E-state index contributed by atoms with van der Waals surface area (Å²) in [6.07, 6.45) is 2.51. The number of likely N-dealkylation sites (N-methyl/N-ethyl adjacent to an activating group) is 1. The summed E-state index contributed by atoms with van der Waals surface area (Å²) in [7, 11) is 1.76. The predicted molar refractivity (Wildman–Crippen MR) is 72.3 cm³/mol. The van der Waals surface area contributed by atoms with Crippen molar-refractivity contribution in [1.29, 1.82) is 0 Å². The van der Waals surface area contributed by atoms with Gasteiger partial charge in [0.2, 0.25) is 5.91 Å². The average Bonchev–Trinajstić information content (AvgIpc) is 2.78. The van der Waals surface area contributed by atoms with Crippen LogP contribution in [0.3, 0.4) is 0 Å². The third-order valence-electron chi connectivity index (χ3n) is 3.56. The summed E-state index contributed by atoms with van der Waals surface area (Å²) in [4.78, 5) is 11.4. The van der Waals surface area contributed by atoms with Gasteiger partial charge in [0.05, 0.1) is 11.2 Å². The minimum atomic E-state index is -0.677. The fraction of sp³-hybridized carbons (Fsp3) is 0.692. The molecule has 1 amide bonds. The molecule has 18 heavy (non-hydrogen) atoms. The molecule has 3 N–H and O–H groups in total. The summed E-state index contributed by atoms with van der Waals surface area (Å²) < 4.78 is 1.98. The number of amides is 1. The molecule has 0 saturated heterocycles. The number of aromatic nitrogens is 2. The minimum Gasteiger partial charge on any atom is -0.368 e. The number of aryl methyl sites for hydroxylation is 3. The Bertz CT molecular complexity index is 413. The van der Waals surface area contributed by atoms with Gasteiger partial charge in [-0.3, -0.25) is 9.48 Å². The van der Waals surface area contributed by atoms with Crippen LogP contribution in [0, 0.1) is 0 Å². The van der Waals surface area contributed by atoms with Gasteiger partial charge in [-0.05, 0) is 39.3 Å². The van der Waals surface area contributed by atoms with E-state index in [0.717, 1.165) is 18.5 Å². The molecule has 1 heterocycles. The van der Waals surface area contributed by atoms with E-state index < -0.39 is 5.54 Å². The van der Waals surface area contributed by atoms with Crippen molar-refractivity contribution in [3.05, 3.63) is 17.5 Å². The molecule has 0 fully saturated rings. The predicted octanol–water partition coefficient (Wildman–Crippen LogP) is 0.861. The third kappa shape index (κ3) is 3.10. The van der Waals surface area contributed by atoms with E-state index >= 15 is 0 Å². The first kappa shape index (κ1) is 14.7. The van der Waals surface area contributed by atoms with Crippen LogP contribution in [0.15, 0.2) is 6.07 Å². The fourth-order valence-electron chi connectivity index (χ4n) is 1.87. The molecule has 0 aliphatic rings. The van der Waals surface area contributed by atoms with Crippen LogP contribution in [-0.4, -0.2) is 28.3 Å². The molecule has 5 nitrogen and oxygen atoms in total. The molecule has 0 saturated carbocycles. The Kier molecular flexibility index (Phi) is 4.90. The largest absolute Gasteiger partial charge is 0.368 e. The number of nitrogens with zero attached hydrogens (tertiary/aromatic N) is 2. The second-order valence-electron chi connectivity index (χ2n) is 4.75. The highest BCUT2D eigenvalue weighted by atomic mass is 16.1. The van der Waals surface area contributed by atoms with Crippen LogP contribution in [-0.2, 0) is 24.2 Å². The highest BCUT2D eigenvalue weighted by molar-refractivity contribution is 5.84. The molecule has 1 atom stereocenters. The first-order chi connectivity index (χ1) is 8.46. The van der Waals surface area contributed by atoms with Crippen molar-refractivity contribution in [2.45, 2.75) is 52.1 Å². The maximum Gasteiger partial charge on any atom is 0.237 e. The third-order valence-corrected chi connectivity index (χ3v) is 3.56. The second kappa shape index (κ2) is 6.00. The number of nitrogens with two attached hydrogens (primary N) is 1. The quantitative estimate of drug-likeness (QED) is 0.756. The number of hydrogen-bond acceptors (Lipinski definition) is 3. The maximum absolute atomic E-state index is 11.4. The molecule has 5 heteroatoms. The van der Waals surface area contributed by atoms with Gasteiger partial charge < -0.3 is 11.1 Å². The van der Waals surface area contributed by atoms with Crippen molar-refractivity contribution >= 4 is 5.91 Å². The van der Waals surface area contributed by atoms with Gasteiger partial charge >= 0.3 is 0 Å². The van der Waals surface area contributed by atoms with Crippen molar-refractivity contribution in [2.75, 3.05) is 7.05 Å². The Morgan fingerprint density at radius 2 is 2.17 bits per heavy atom. The van der Waals surface area contributed by atoms with Gasteiger partial charge in [0.1, 0.15) is 0 Å². The summed E-state index contributed by atoms with van der Waals surface area (Å²) >= 11 is 0. The molecule has 0 radical (unpaired) electrons. The Hall–Kier alpha value is -1.36. The summed E-state index contributed by atoms with van der Waals surface area (Å²) in [5, 5.41) is 7.52. The van der Waals surface area contributed by atoms with E-state index in [1.54, 1.807) is 7.05 Å². The van der Waals surface area contributed by atoms with Crippen LogP contribution < -0.4 is 11.1 Å². The van der Waals surface area contributed by atoms with E-state index in [2.05, 4.69) is 30.3 Å². The standard InChI is InChI=1S/C13H24N4O/c1-5-10-9-11(6-2)17(16-10)8-7-13(3,15-4)12(14)18/h9,15H,5-8H2,1-4H3,(H2,14,18). The zero-order valence-electron chi connectivity index (χ0n) is 11.8. The van der Waals surface area contributed by atoms with Crippen LogP contribution in [0.5, 0.6) is 0 Å². The van der Waals surface area contributed by atoms with E-state index in [9.17, 15) is 4.79 Å². The molecule has 1 rings (SSSR count). The molecular formula is C13H24N4O. The van der Waals surface area contributed by atoms with Gasteiger partial charge in [0.25, 0.3) is 0 Å². The first-order valence-electron chi connectivity index (χ1n) is 6.51. The zero-order valence-corrected chi connectivity index (χ0v) is 11.8. The Morgan fingerprint density at radius 3 is 2.61 bits per heavy atom. The lowest BCUT2D eigenvalue weighted by Gasteiger charge is -2.25. The lowest BCUT2D eigenvalue weighted by atomic mass is 9.97. The van der Waals surface area contributed by atoms with E-state index in [4.69, 9.17) is 5.73 Å². The van der Waals surface area contributed by atoms with Gasteiger partial charge in [-0.25, -0.2) is 0 Å². The molecule has 0 aromatic carbocycles. The lowest BCUT2D eigenvalue weighted by Crippen LogP contribution is -2.52. The Morgan fingerprint density at radius 1 is 1.50 bits per heavy atom. The van der Waals surface area contributed by atoms with Crippen molar-refractivity contribution in [2.24, 2.45) is 5.73 Å². The topological polar surface area (TPSA) is 72.9 Å². The van der Waals surface area contributed by atoms with E-state index in [0.29, 0.717) is 13.0 Å². The van der Waals surface area contributed by atoms with Gasteiger partial charge in [0, 0.05) is 12.2 Å². The normalized spacial score (nSPS) is 14.4. The highest BCUT2D eigenvalue weighted by Crippen LogP contribution is 2.13. The number of rotatable bonds is 7. The lowest BCUT2D eigenvalue weighted by molar-refractivity contribution is -0.124. The van der Waals surface area contributed by atoms with Crippen molar-refractivity contribution in [3.8, 4) is 0 Å². The van der Waals surface area contributed by atoms with E-state index in [-0.39, 0.29) is 5.91 Å². The van der Waals surface area contributed by atoms with Crippen molar-refractivity contribution in [1.82, 2.24) is 15.1 Å².